The van der Waals surface area contributed by atoms with Crippen molar-refractivity contribution in [3.63, 3.8) is 0 Å². The Morgan fingerprint density at radius 3 is 2.21 bits per heavy atom. The topological polar surface area (TPSA) is 87.7 Å². The Hall–Kier alpha value is -4.29. The van der Waals surface area contributed by atoms with Crippen molar-refractivity contribution in [1.82, 2.24) is 0 Å². The summed E-state index contributed by atoms with van der Waals surface area (Å²) in [6.07, 6.45) is 0. The van der Waals surface area contributed by atoms with Crippen molar-refractivity contribution in [3.8, 4) is 5.75 Å². The number of carboxylic acids is 1. The third-order valence-electron chi connectivity index (χ3n) is 5.00. The van der Waals surface area contributed by atoms with Crippen LogP contribution in [0.25, 0.3) is 0 Å². The van der Waals surface area contributed by atoms with Gasteiger partial charge in [-0.05, 0) is 48.0 Å². The molecule has 0 radical (unpaired) electrons. The quantitative estimate of drug-likeness (QED) is 0.268. The standard InChI is InChI=1S/C27H21ClN2O4/c28-19-11-14-24(23(15-19)27(32)33)30-26(31)22-13-12-21(34-17-18-7-3-1-4-8-18)16-25(22)29-20-9-5-2-6-10-20/h1-16,29H,17H2,(H,30,31)(H,32,33). The largest absolute Gasteiger partial charge is 0.489 e. The number of hydrogen-bond acceptors (Lipinski definition) is 4. The lowest BCUT2D eigenvalue weighted by Gasteiger charge is -2.15. The van der Waals surface area contributed by atoms with E-state index in [1.54, 1.807) is 18.2 Å². The van der Waals surface area contributed by atoms with Crippen LogP contribution in [0.1, 0.15) is 26.3 Å². The molecule has 1 amide bonds. The molecule has 0 fully saturated rings. The molecule has 0 spiro atoms. The van der Waals surface area contributed by atoms with Crippen molar-refractivity contribution >= 4 is 40.5 Å². The van der Waals surface area contributed by atoms with Gasteiger partial charge in [-0.3, -0.25) is 4.79 Å². The van der Waals surface area contributed by atoms with Crippen LogP contribution in [0, 0.1) is 0 Å². The SMILES string of the molecule is O=C(O)c1cc(Cl)ccc1NC(=O)c1ccc(OCc2ccccc2)cc1Nc1ccccc1. The van der Waals surface area contributed by atoms with Gasteiger partial charge in [0.05, 0.1) is 22.5 Å². The highest BCUT2D eigenvalue weighted by atomic mass is 35.5. The molecule has 4 aromatic carbocycles. The molecule has 170 valence electrons. The van der Waals surface area contributed by atoms with Gasteiger partial charge in [-0.1, -0.05) is 60.1 Å². The molecule has 34 heavy (non-hydrogen) atoms. The van der Waals surface area contributed by atoms with E-state index in [-0.39, 0.29) is 16.3 Å². The number of anilines is 3. The molecule has 7 heteroatoms. The van der Waals surface area contributed by atoms with E-state index in [4.69, 9.17) is 16.3 Å². The summed E-state index contributed by atoms with van der Waals surface area (Å²) in [6.45, 7) is 0.379. The number of carbonyl (C=O) groups is 2. The minimum atomic E-state index is -1.19. The lowest BCUT2D eigenvalue weighted by Crippen LogP contribution is -2.16. The third-order valence-corrected chi connectivity index (χ3v) is 5.23. The van der Waals surface area contributed by atoms with Gasteiger partial charge in [0, 0.05) is 16.8 Å². The zero-order valence-electron chi connectivity index (χ0n) is 18.0. The van der Waals surface area contributed by atoms with E-state index in [1.165, 1.54) is 18.2 Å². The van der Waals surface area contributed by atoms with Crippen molar-refractivity contribution in [3.05, 3.63) is 119 Å². The molecule has 0 atom stereocenters. The molecule has 0 saturated heterocycles. The number of rotatable bonds is 8. The number of hydrogen-bond donors (Lipinski definition) is 3. The van der Waals surface area contributed by atoms with Gasteiger partial charge in [-0.25, -0.2) is 4.79 Å². The van der Waals surface area contributed by atoms with Crippen molar-refractivity contribution in [2.24, 2.45) is 0 Å². The lowest BCUT2D eigenvalue weighted by molar-refractivity contribution is 0.0698. The molecule has 4 rings (SSSR count). The molecule has 0 aliphatic carbocycles. The number of amides is 1. The van der Waals surface area contributed by atoms with E-state index in [0.29, 0.717) is 23.6 Å². The number of carbonyl (C=O) groups excluding carboxylic acids is 1. The summed E-state index contributed by atoms with van der Waals surface area (Å²) >= 11 is 5.92. The van der Waals surface area contributed by atoms with Crippen LogP contribution in [0.15, 0.2) is 97.1 Å². The molecule has 0 unspecified atom stereocenters. The van der Waals surface area contributed by atoms with Gasteiger partial charge in [-0.2, -0.15) is 0 Å². The number of nitrogens with one attached hydrogen (secondary N) is 2. The molecule has 4 aromatic rings. The van der Waals surface area contributed by atoms with Gasteiger partial charge in [0.1, 0.15) is 12.4 Å². The molecular weight excluding hydrogens is 452 g/mol. The lowest BCUT2D eigenvalue weighted by atomic mass is 10.1. The van der Waals surface area contributed by atoms with Crippen LogP contribution in [0.3, 0.4) is 0 Å². The van der Waals surface area contributed by atoms with Crippen LogP contribution in [0.4, 0.5) is 17.1 Å². The first-order chi connectivity index (χ1) is 16.5. The van der Waals surface area contributed by atoms with Gasteiger partial charge >= 0.3 is 5.97 Å². The molecule has 0 bridgehead atoms. The molecule has 0 aliphatic heterocycles. The Balaban J connectivity index is 1.62. The average molecular weight is 473 g/mol. The first-order valence-electron chi connectivity index (χ1n) is 10.5. The van der Waals surface area contributed by atoms with Crippen LogP contribution in [-0.4, -0.2) is 17.0 Å². The Kier molecular flexibility index (Phi) is 7.10. The summed E-state index contributed by atoms with van der Waals surface area (Å²) < 4.78 is 5.92. The van der Waals surface area contributed by atoms with Gasteiger partial charge < -0.3 is 20.5 Å². The predicted octanol–water partition coefficient (Wildman–Crippen LogP) is 6.61. The molecule has 0 aromatic heterocycles. The highest BCUT2D eigenvalue weighted by Gasteiger charge is 2.17. The fraction of sp³-hybridized carbons (Fsp3) is 0.0370. The predicted molar refractivity (Wildman–Crippen MR) is 133 cm³/mol. The van der Waals surface area contributed by atoms with Crippen molar-refractivity contribution in [1.29, 1.82) is 0 Å². The fourth-order valence-electron chi connectivity index (χ4n) is 3.32. The van der Waals surface area contributed by atoms with Crippen LogP contribution in [0.2, 0.25) is 5.02 Å². The molecule has 0 aliphatic rings. The average Bonchev–Trinajstić information content (AvgIpc) is 2.85. The van der Waals surface area contributed by atoms with Crippen molar-refractivity contribution < 1.29 is 19.4 Å². The van der Waals surface area contributed by atoms with Crippen molar-refractivity contribution in [2.45, 2.75) is 6.61 Å². The summed E-state index contributed by atoms with van der Waals surface area (Å²) in [5, 5.41) is 15.7. The maximum atomic E-state index is 13.2. The van der Waals surface area contributed by atoms with E-state index in [2.05, 4.69) is 10.6 Å². The minimum absolute atomic E-state index is 0.0961. The smallest absolute Gasteiger partial charge is 0.337 e. The maximum Gasteiger partial charge on any atom is 0.337 e. The second kappa shape index (κ2) is 10.6. The normalized spacial score (nSPS) is 10.4. The van der Waals surface area contributed by atoms with E-state index in [1.807, 2.05) is 60.7 Å². The number of ether oxygens (including phenoxy) is 1. The first kappa shape index (κ1) is 22.9. The molecule has 0 saturated carbocycles. The highest BCUT2D eigenvalue weighted by molar-refractivity contribution is 6.31. The zero-order chi connectivity index (χ0) is 23.9. The molecule has 3 N–H and O–H groups in total. The molecular formula is C27H21ClN2O4. The summed E-state index contributed by atoms with van der Waals surface area (Å²) in [5.41, 5.74) is 2.70. The van der Waals surface area contributed by atoms with Gasteiger partial charge in [-0.15, -0.1) is 0 Å². The van der Waals surface area contributed by atoms with Crippen LogP contribution < -0.4 is 15.4 Å². The minimum Gasteiger partial charge on any atom is -0.489 e. The summed E-state index contributed by atoms with van der Waals surface area (Å²) in [4.78, 5) is 24.8. The van der Waals surface area contributed by atoms with Gasteiger partial charge in [0.15, 0.2) is 0 Å². The molecule has 0 heterocycles. The summed E-state index contributed by atoms with van der Waals surface area (Å²) in [6, 6.07) is 28.5. The van der Waals surface area contributed by atoms with Crippen LogP contribution in [-0.2, 0) is 6.61 Å². The van der Waals surface area contributed by atoms with E-state index in [0.717, 1.165) is 11.3 Å². The Morgan fingerprint density at radius 1 is 0.794 bits per heavy atom. The van der Waals surface area contributed by atoms with E-state index in [9.17, 15) is 14.7 Å². The summed E-state index contributed by atoms with van der Waals surface area (Å²) in [5.74, 6) is -1.08. The number of para-hydroxylation sites is 1. The number of aromatic carboxylic acids is 1. The van der Waals surface area contributed by atoms with Gasteiger partial charge in [0.25, 0.3) is 5.91 Å². The van der Waals surface area contributed by atoms with Crippen molar-refractivity contribution in [2.75, 3.05) is 10.6 Å². The number of halogens is 1. The second-order valence-corrected chi connectivity index (χ2v) is 7.86. The second-order valence-electron chi connectivity index (χ2n) is 7.42. The molecule has 6 nitrogen and oxygen atoms in total. The van der Waals surface area contributed by atoms with Crippen LogP contribution >= 0.6 is 11.6 Å². The zero-order valence-corrected chi connectivity index (χ0v) is 18.8. The number of carboxylic acid groups (broad SMARTS) is 1. The Morgan fingerprint density at radius 2 is 1.50 bits per heavy atom. The monoisotopic (exact) mass is 472 g/mol. The Bertz CT molecular complexity index is 1310. The fourth-order valence-corrected chi connectivity index (χ4v) is 3.50. The third kappa shape index (κ3) is 5.74. The highest BCUT2D eigenvalue weighted by Crippen LogP contribution is 2.28. The van der Waals surface area contributed by atoms with Gasteiger partial charge in [0.2, 0.25) is 0 Å². The first-order valence-corrected chi connectivity index (χ1v) is 10.8. The van der Waals surface area contributed by atoms with E-state index >= 15 is 0 Å². The number of benzene rings is 4. The maximum absolute atomic E-state index is 13.2. The summed E-state index contributed by atoms with van der Waals surface area (Å²) in [7, 11) is 0. The van der Waals surface area contributed by atoms with E-state index < -0.39 is 11.9 Å². The Labute approximate surface area is 201 Å². The van der Waals surface area contributed by atoms with Crippen LogP contribution in [0.5, 0.6) is 5.75 Å².